The third-order valence-electron chi connectivity index (χ3n) is 4.92. The first-order valence-electron chi connectivity index (χ1n) is 9.89. The van der Waals surface area contributed by atoms with E-state index in [4.69, 9.17) is 5.26 Å². The summed E-state index contributed by atoms with van der Waals surface area (Å²) in [6, 6.07) is 23.4. The predicted octanol–water partition coefficient (Wildman–Crippen LogP) is 5.02. The van der Waals surface area contributed by atoms with Crippen molar-refractivity contribution in [3.63, 3.8) is 0 Å². The van der Waals surface area contributed by atoms with Crippen LogP contribution in [0.2, 0.25) is 0 Å². The number of hydrogen-bond donors (Lipinski definition) is 1. The third-order valence-corrected chi connectivity index (χ3v) is 6.07. The first-order chi connectivity index (χ1) is 15.0. The van der Waals surface area contributed by atoms with Gasteiger partial charge in [0.2, 0.25) is 0 Å². The highest BCUT2D eigenvalue weighted by atomic mass is 32.2. The largest absolute Gasteiger partial charge is 0.350 e. The molecule has 0 aliphatic heterocycles. The lowest BCUT2D eigenvalue weighted by atomic mass is 10.1. The van der Waals surface area contributed by atoms with E-state index in [0.717, 1.165) is 16.0 Å². The fourth-order valence-corrected chi connectivity index (χ4v) is 4.22. The molecular weight excluding hydrogens is 409 g/mol. The number of nitrogens with one attached hydrogen (secondary N) is 1. The molecule has 0 saturated heterocycles. The van der Waals surface area contributed by atoms with E-state index in [1.54, 1.807) is 30.0 Å². The van der Waals surface area contributed by atoms with Gasteiger partial charge in [-0.3, -0.25) is 4.79 Å². The molecule has 0 aliphatic rings. The van der Waals surface area contributed by atoms with E-state index >= 15 is 0 Å². The molecule has 0 saturated carbocycles. The van der Waals surface area contributed by atoms with Gasteiger partial charge in [0.05, 0.1) is 23.2 Å². The van der Waals surface area contributed by atoms with Crippen LogP contribution in [0.15, 0.2) is 77.7 Å². The van der Waals surface area contributed by atoms with Crippen LogP contribution in [0.25, 0.3) is 0 Å². The van der Waals surface area contributed by atoms with Gasteiger partial charge in [-0.2, -0.15) is 5.26 Å². The number of halogens is 1. The molecule has 1 N–H and O–H groups in total. The number of carbonyl (C=O) groups is 1. The lowest BCUT2D eigenvalue weighted by Crippen LogP contribution is -2.34. The highest BCUT2D eigenvalue weighted by Gasteiger charge is 2.18. The van der Waals surface area contributed by atoms with Crippen LogP contribution in [-0.2, 0) is 5.75 Å². The van der Waals surface area contributed by atoms with Crippen molar-refractivity contribution in [1.82, 2.24) is 10.2 Å². The molecule has 0 spiro atoms. The maximum Gasteiger partial charge on any atom is 0.252 e. The van der Waals surface area contributed by atoms with Crippen LogP contribution in [-0.4, -0.2) is 31.4 Å². The fourth-order valence-electron chi connectivity index (χ4n) is 3.21. The summed E-state index contributed by atoms with van der Waals surface area (Å²) in [5.74, 6) is 0.242. The van der Waals surface area contributed by atoms with Crippen molar-refractivity contribution < 1.29 is 9.18 Å². The molecule has 31 heavy (non-hydrogen) atoms. The molecule has 0 aliphatic carbocycles. The number of hydrogen-bond acceptors (Lipinski definition) is 4. The first kappa shape index (κ1) is 22.5. The maximum atomic E-state index is 13.7. The lowest BCUT2D eigenvalue weighted by Gasteiger charge is -2.25. The average molecular weight is 434 g/mol. The third kappa shape index (κ3) is 6.17. The molecule has 0 radical (unpaired) electrons. The summed E-state index contributed by atoms with van der Waals surface area (Å²) in [6.45, 7) is 0.365. The van der Waals surface area contributed by atoms with Crippen LogP contribution in [0.5, 0.6) is 0 Å². The number of benzene rings is 3. The van der Waals surface area contributed by atoms with Gasteiger partial charge in [0.15, 0.2) is 0 Å². The molecule has 158 valence electrons. The van der Waals surface area contributed by atoms with Gasteiger partial charge in [-0.25, -0.2) is 4.39 Å². The molecule has 0 heterocycles. The van der Waals surface area contributed by atoms with Crippen molar-refractivity contribution in [2.75, 3.05) is 20.6 Å². The zero-order chi connectivity index (χ0) is 22.2. The number of likely N-dealkylation sites (N-methyl/N-ethyl adjacent to an activating group) is 1. The summed E-state index contributed by atoms with van der Waals surface area (Å²) < 4.78 is 13.7. The van der Waals surface area contributed by atoms with Crippen LogP contribution in [0, 0.1) is 17.1 Å². The molecule has 1 unspecified atom stereocenters. The van der Waals surface area contributed by atoms with Gasteiger partial charge in [-0.15, -0.1) is 11.8 Å². The number of carbonyl (C=O) groups excluding carboxylic acids is 1. The summed E-state index contributed by atoms with van der Waals surface area (Å²) >= 11 is 1.58. The van der Waals surface area contributed by atoms with Crippen molar-refractivity contribution in [2.45, 2.75) is 16.7 Å². The van der Waals surface area contributed by atoms with E-state index in [1.165, 1.54) is 12.1 Å². The van der Waals surface area contributed by atoms with Gasteiger partial charge in [-0.05, 0) is 61.6 Å². The van der Waals surface area contributed by atoms with Crippen LogP contribution in [0.1, 0.15) is 33.1 Å². The Labute approximate surface area is 186 Å². The van der Waals surface area contributed by atoms with E-state index < -0.39 is 0 Å². The van der Waals surface area contributed by atoms with E-state index in [-0.39, 0.29) is 17.8 Å². The normalized spacial score (nSPS) is 11.7. The van der Waals surface area contributed by atoms with E-state index in [1.807, 2.05) is 61.5 Å². The Morgan fingerprint density at radius 3 is 2.52 bits per heavy atom. The fraction of sp³-hybridized carbons (Fsp3) is 0.200. The van der Waals surface area contributed by atoms with Gasteiger partial charge in [-0.1, -0.05) is 36.4 Å². The molecule has 0 bridgehead atoms. The second kappa shape index (κ2) is 10.8. The van der Waals surface area contributed by atoms with Crippen LogP contribution >= 0.6 is 11.8 Å². The summed E-state index contributed by atoms with van der Waals surface area (Å²) in [6.07, 6.45) is 0. The smallest absolute Gasteiger partial charge is 0.252 e. The molecular formula is C25H24FN3OS. The molecule has 0 fully saturated rings. The maximum absolute atomic E-state index is 13.7. The Bertz CT molecular complexity index is 1080. The molecule has 1 atom stereocenters. The minimum Gasteiger partial charge on any atom is -0.350 e. The summed E-state index contributed by atoms with van der Waals surface area (Å²) in [4.78, 5) is 15.8. The summed E-state index contributed by atoms with van der Waals surface area (Å²) in [5.41, 5.74) is 3.13. The SMILES string of the molecule is CN(C)C(CNC(=O)c1ccccc1SCc1ccc(C#N)cc1)c1cccc(F)c1. The minimum atomic E-state index is -0.291. The molecule has 1 amide bonds. The summed E-state index contributed by atoms with van der Waals surface area (Å²) in [7, 11) is 3.81. The Kier molecular flexibility index (Phi) is 7.82. The molecule has 4 nitrogen and oxygen atoms in total. The molecule has 3 aromatic rings. The lowest BCUT2D eigenvalue weighted by molar-refractivity contribution is 0.0939. The van der Waals surface area contributed by atoms with E-state index in [2.05, 4.69) is 11.4 Å². The zero-order valence-corrected chi connectivity index (χ0v) is 18.3. The van der Waals surface area contributed by atoms with Crippen molar-refractivity contribution in [2.24, 2.45) is 0 Å². The number of rotatable bonds is 8. The Balaban J connectivity index is 1.68. The Morgan fingerprint density at radius 2 is 1.84 bits per heavy atom. The van der Waals surface area contributed by atoms with Gasteiger partial charge < -0.3 is 10.2 Å². The minimum absolute atomic E-state index is 0.141. The van der Waals surface area contributed by atoms with Gasteiger partial charge in [0, 0.05) is 17.2 Å². The number of thioether (sulfide) groups is 1. The highest BCUT2D eigenvalue weighted by Crippen LogP contribution is 2.27. The molecule has 3 aromatic carbocycles. The number of nitriles is 1. The van der Waals surface area contributed by atoms with Crippen molar-refractivity contribution in [1.29, 1.82) is 5.26 Å². The molecule has 6 heteroatoms. The quantitative estimate of drug-likeness (QED) is 0.507. The number of nitrogens with zero attached hydrogens (tertiary/aromatic N) is 2. The van der Waals surface area contributed by atoms with E-state index in [0.29, 0.717) is 23.4 Å². The Morgan fingerprint density at radius 1 is 1.10 bits per heavy atom. The van der Waals surface area contributed by atoms with Crippen LogP contribution < -0.4 is 5.32 Å². The van der Waals surface area contributed by atoms with E-state index in [9.17, 15) is 9.18 Å². The molecule has 3 rings (SSSR count). The highest BCUT2D eigenvalue weighted by molar-refractivity contribution is 7.98. The first-order valence-corrected chi connectivity index (χ1v) is 10.9. The van der Waals surface area contributed by atoms with Crippen molar-refractivity contribution in [3.05, 3.63) is 101 Å². The second-order valence-electron chi connectivity index (χ2n) is 7.34. The van der Waals surface area contributed by atoms with Crippen molar-refractivity contribution in [3.8, 4) is 6.07 Å². The second-order valence-corrected chi connectivity index (χ2v) is 8.36. The van der Waals surface area contributed by atoms with Crippen molar-refractivity contribution >= 4 is 17.7 Å². The standard InChI is InChI=1S/C25H24FN3OS/c1-29(2)23(20-6-5-7-21(26)14-20)16-28-25(30)22-8-3-4-9-24(22)31-17-19-12-10-18(15-27)11-13-19/h3-14,23H,16-17H2,1-2H3,(H,28,30). The number of amides is 1. The zero-order valence-electron chi connectivity index (χ0n) is 17.5. The van der Waals surface area contributed by atoms with Crippen LogP contribution in [0.3, 0.4) is 0 Å². The van der Waals surface area contributed by atoms with Crippen LogP contribution in [0.4, 0.5) is 4.39 Å². The monoisotopic (exact) mass is 433 g/mol. The average Bonchev–Trinajstić information content (AvgIpc) is 2.78. The van der Waals surface area contributed by atoms with Gasteiger partial charge >= 0.3 is 0 Å². The molecule has 0 aromatic heterocycles. The van der Waals surface area contributed by atoms with Gasteiger partial charge in [0.25, 0.3) is 5.91 Å². The predicted molar refractivity (Wildman–Crippen MR) is 122 cm³/mol. The summed E-state index contributed by atoms with van der Waals surface area (Å²) in [5, 5.41) is 11.9. The topological polar surface area (TPSA) is 56.1 Å². The Hall–Kier alpha value is -3.14. The van der Waals surface area contributed by atoms with Gasteiger partial charge in [0.1, 0.15) is 5.82 Å².